The van der Waals surface area contributed by atoms with Crippen LogP contribution in [-0.2, 0) is 6.18 Å². The predicted octanol–water partition coefficient (Wildman–Crippen LogP) is 3.57. The molecule has 0 aliphatic rings. The second-order valence-electron chi connectivity index (χ2n) is 4.83. The highest BCUT2D eigenvalue weighted by Crippen LogP contribution is 2.30. The Bertz CT molecular complexity index is 454. The van der Waals surface area contributed by atoms with Crippen LogP contribution < -0.4 is 5.73 Å². The Labute approximate surface area is 110 Å². The minimum absolute atomic E-state index is 0.133. The molecule has 0 aliphatic carbocycles. The summed E-state index contributed by atoms with van der Waals surface area (Å²) in [6.45, 7) is 3.96. The van der Waals surface area contributed by atoms with Gasteiger partial charge in [0.05, 0.1) is 5.56 Å². The molecule has 1 unspecified atom stereocenters. The minimum Gasteiger partial charge on any atom is -0.330 e. The van der Waals surface area contributed by atoms with Crippen LogP contribution in [0, 0.1) is 12.8 Å². The largest absolute Gasteiger partial charge is 0.416 e. The Morgan fingerprint density at radius 3 is 2.47 bits per heavy atom. The summed E-state index contributed by atoms with van der Waals surface area (Å²) in [4.78, 5) is 11.9. The number of carbonyl (C=O) groups excluding carboxylic acids is 1. The fraction of sp³-hybridized carbons (Fsp3) is 0.500. The molecule has 0 bridgehead atoms. The fourth-order valence-corrected chi connectivity index (χ4v) is 1.78. The Morgan fingerprint density at radius 1 is 1.37 bits per heavy atom. The number of hydrogen-bond acceptors (Lipinski definition) is 2. The van der Waals surface area contributed by atoms with E-state index in [1.165, 1.54) is 13.0 Å². The first-order valence-corrected chi connectivity index (χ1v) is 6.16. The van der Waals surface area contributed by atoms with Gasteiger partial charge in [-0.3, -0.25) is 4.79 Å². The SMILES string of the molecule is Cc1cc(C(F)(F)F)ccc1C(=O)CCC(C)CN. The van der Waals surface area contributed by atoms with Crippen LogP contribution in [0.4, 0.5) is 13.2 Å². The molecule has 0 amide bonds. The lowest BCUT2D eigenvalue weighted by Crippen LogP contribution is -2.13. The molecule has 0 radical (unpaired) electrons. The van der Waals surface area contributed by atoms with Crippen molar-refractivity contribution in [2.45, 2.75) is 32.9 Å². The van der Waals surface area contributed by atoms with Crippen LogP contribution in [0.1, 0.15) is 41.3 Å². The maximum atomic E-state index is 12.5. The molecule has 0 saturated heterocycles. The number of alkyl halides is 3. The molecular formula is C14H18F3NO. The molecule has 0 aromatic heterocycles. The van der Waals surface area contributed by atoms with Crippen molar-refractivity contribution in [2.24, 2.45) is 11.7 Å². The molecule has 0 aliphatic heterocycles. The molecular weight excluding hydrogens is 255 g/mol. The molecule has 2 nitrogen and oxygen atoms in total. The van der Waals surface area contributed by atoms with E-state index >= 15 is 0 Å². The van der Waals surface area contributed by atoms with Crippen molar-refractivity contribution in [2.75, 3.05) is 6.54 Å². The van der Waals surface area contributed by atoms with Gasteiger partial charge in [-0.05, 0) is 43.5 Å². The number of halogens is 3. The van der Waals surface area contributed by atoms with Crippen molar-refractivity contribution in [1.82, 2.24) is 0 Å². The van der Waals surface area contributed by atoms with Gasteiger partial charge >= 0.3 is 6.18 Å². The Morgan fingerprint density at radius 2 is 2.00 bits per heavy atom. The molecule has 19 heavy (non-hydrogen) atoms. The average molecular weight is 273 g/mol. The number of benzene rings is 1. The van der Waals surface area contributed by atoms with Gasteiger partial charge in [0.2, 0.25) is 0 Å². The molecule has 1 rings (SSSR count). The van der Waals surface area contributed by atoms with Crippen molar-refractivity contribution in [3.05, 3.63) is 34.9 Å². The van der Waals surface area contributed by atoms with Gasteiger partial charge in [-0.2, -0.15) is 13.2 Å². The number of nitrogens with two attached hydrogens (primary N) is 1. The third-order valence-corrected chi connectivity index (χ3v) is 3.12. The summed E-state index contributed by atoms with van der Waals surface area (Å²) >= 11 is 0. The van der Waals surface area contributed by atoms with Crippen LogP contribution in [0.25, 0.3) is 0 Å². The summed E-state index contributed by atoms with van der Waals surface area (Å²) in [7, 11) is 0. The van der Waals surface area contributed by atoms with E-state index in [2.05, 4.69) is 0 Å². The molecule has 0 heterocycles. The smallest absolute Gasteiger partial charge is 0.330 e. The third kappa shape index (κ3) is 4.35. The zero-order valence-electron chi connectivity index (χ0n) is 11.1. The lowest BCUT2D eigenvalue weighted by Gasteiger charge is -2.11. The van der Waals surface area contributed by atoms with Gasteiger partial charge < -0.3 is 5.73 Å². The Hall–Kier alpha value is -1.36. The fourth-order valence-electron chi connectivity index (χ4n) is 1.78. The summed E-state index contributed by atoms with van der Waals surface area (Å²) in [6, 6.07) is 3.22. The zero-order valence-corrected chi connectivity index (χ0v) is 11.1. The minimum atomic E-state index is -4.37. The summed E-state index contributed by atoms with van der Waals surface area (Å²) in [5, 5.41) is 0. The number of aryl methyl sites for hydroxylation is 1. The summed E-state index contributed by atoms with van der Waals surface area (Å²) in [5.41, 5.74) is 5.45. The highest BCUT2D eigenvalue weighted by Gasteiger charge is 2.30. The molecule has 0 saturated carbocycles. The second kappa shape index (κ2) is 6.19. The molecule has 106 valence electrons. The van der Waals surface area contributed by atoms with Gasteiger partial charge in [0.25, 0.3) is 0 Å². The van der Waals surface area contributed by atoms with E-state index in [9.17, 15) is 18.0 Å². The van der Waals surface area contributed by atoms with Crippen LogP contribution in [0.5, 0.6) is 0 Å². The predicted molar refractivity (Wildman–Crippen MR) is 68.0 cm³/mol. The van der Waals surface area contributed by atoms with Gasteiger partial charge in [-0.15, -0.1) is 0 Å². The first-order valence-electron chi connectivity index (χ1n) is 6.16. The van der Waals surface area contributed by atoms with E-state index < -0.39 is 11.7 Å². The lowest BCUT2D eigenvalue weighted by atomic mass is 9.96. The van der Waals surface area contributed by atoms with Crippen molar-refractivity contribution >= 4 is 5.78 Å². The normalized spacial score (nSPS) is 13.4. The van der Waals surface area contributed by atoms with E-state index in [0.717, 1.165) is 12.1 Å². The maximum Gasteiger partial charge on any atom is 0.416 e. The van der Waals surface area contributed by atoms with E-state index in [4.69, 9.17) is 5.73 Å². The second-order valence-corrected chi connectivity index (χ2v) is 4.83. The summed E-state index contributed by atoms with van der Waals surface area (Å²) < 4.78 is 37.5. The van der Waals surface area contributed by atoms with Crippen molar-refractivity contribution in [3.63, 3.8) is 0 Å². The average Bonchev–Trinajstić information content (AvgIpc) is 2.34. The Kier molecular flexibility index (Phi) is 5.11. The monoisotopic (exact) mass is 273 g/mol. The van der Waals surface area contributed by atoms with E-state index in [1.807, 2.05) is 6.92 Å². The van der Waals surface area contributed by atoms with Gasteiger partial charge in [0.15, 0.2) is 5.78 Å². The van der Waals surface area contributed by atoms with Crippen molar-refractivity contribution in [3.8, 4) is 0 Å². The van der Waals surface area contributed by atoms with Crippen LogP contribution >= 0.6 is 0 Å². The molecule has 0 fully saturated rings. The number of rotatable bonds is 5. The van der Waals surface area contributed by atoms with Crippen LogP contribution in [0.3, 0.4) is 0 Å². The molecule has 1 atom stereocenters. The number of ketones is 1. The number of carbonyl (C=O) groups is 1. The highest BCUT2D eigenvalue weighted by atomic mass is 19.4. The highest BCUT2D eigenvalue weighted by molar-refractivity contribution is 5.97. The third-order valence-electron chi connectivity index (χ3n) is 3.12. The molecule has 0 spiro atoms. The topological polar surface area (TPSA) is 43.1 Å². The number of Topliss-reactive ketones (excluding diaryl/α,β-unsaturated/α-hetero) is 1. The van der Waals surface area contributed by atoms with E-state index in [-0.39, 0.29) is 11.7 Å². The van der Waals surface area contributed by atoms with Gasteiger partial charge in [-0.1, -0.05) is 13.0 Å². The van der Waals surface area contributed by atoms with Gasteiger partial charge in [0.1, 0.15) is 0 Å². The van der Waals surface area contributed by atoms with Crippen LogP contribution in [0.15, 0.2) is 18.2 Å². The lowest BCUT2D eigenvalue weighted by molar-refractivity contribution is -0.137. The molecule has 1 aromatic carbocycles. The van der Waals surface area contributed by atoms with Crippen molar-refractivity contribution in [1.29, 1.82) is 0 Å². The standard InChI is InChI=1S/C14H18F3NO/c1-9(8-18)3-6-13(19)12-5-4-11(7-10(12)2)14(15,16)17/h4-5,7,9H,3,6,8,18H2,1-2H3. The molecule has 2 N–H and O–H groups in total. The first-order chi connectivity index (χ1) is 8.75. The van der Waals surface area contributed by atoms with Gasteiger partial charge in [-0.25, -0.2) is 0 Å². The molecule has 1 aromatic rings. The van der Waals surface area contributed by atoms with Gasteiger partial charge in [0, 0.05) is 12.0 Å². The summed E-state index contributed by atoms with van der Waals surface area (Å²) in [5.74, 6) is 0.102. The summed E-state index contributed by atoms with van der Waals surface area (Å²) in [6.07, 6.45) is -3.42. The Balaban J connectivity index is 2.82. The van der Waals surface area contributed by atoms with Crippen molar-refractivity contribution < 1.29 is 18.0 Å². The maximum absolute atomic E-state index is 12.5. The first kappa shape index (κ1) is 15.7. The van der Waals surface area contributed by atoms with E-state index in [0.29, 0.717) is 30.5 Å². The van der Waals surface area contributed by atoms with E-state index in [1.54, 1.807) is 0 Å². The molecule has 5 heteroatoms. The van der Waals surface area contributed by atoms with Crippen LogP contribution in [0.2, 0.25) is 0 Å². The van der Waals surface area contributed by atoms with Crippen LogP contribution in [-0.4, -0.2) is 12.3 Å². The quantitative estimate of drug-likeness (QED) is 0.833. The zero-order chi connectivity index (χ0) is 14.6. The number of hydrogen-bond donors (Lipinski definition) is 1.